The van der Waals surface area contributed by atoms with Crippen LogP contribution >= 0.6 is 0 Å². The number of carbonyl (C=O) groups is 1. The number of esters is 1. The standard InChI is InChI=1S/C15H12O3/c1-10-4-2-6-12(8-10)17-13-7-3-5-11-9-14(16)18-15(11)13/h2-8H,9H2,1H3. The minimum Gasteiger partial charge on any atom is -0.453 e. The Balaban J connectivity index is 1.95. The molecule has 2 aromatic carbocycles. The number of rotatable bonds is 2. The maximum Gasteiger partial charge on any atom is 0.315 e. The summed E-state index contributed by atoms with van der Waals surface area (Å²) in [5.74, 6) is 1.64. The Kier molecular flexibility index (Phi) is 2.52. The third kappa shape index (κ3) is 1.95. The Morgan fingerprint density at radius 2 is 2.00 bits per heavy atom. The molecular formula is C15H12O3. The van der Waals surface area contributed by atoms with Crippen molar-refractivity contribution in [2.24, 2.45) is 0 Å². The lowest BCUT2D eigenvalue weighted by Crippen LogP contribution is -2.00. The summed E-state index contributed by atoms with van der Waals surface area (Å²) < 4.78 is 10.9. The Labute approximate surface area is 105 Å². The first-order valence-corrected chi connectivity index (χ1v) is 5.79. The highest BCUT2D eigenvalue weighted by Crippen LogP contribution is 2.38. The molecule has 1 aliphatic rings. The number of benzene rings is 2. The van der Waals surface area contributed by atoms with Crippen molar-refractivity contribution in [3.63, 3.8) is 0 Å². The third-order valence-corrected chi connectivity index (χ3v) is 2.83. The zero-order valence-corrected chi connectivity index (χ0v) is 9.97. The van der Waals surface area contributed by atoms with Crippen LogP contribution in [0.15, 0.2) is 42.5 Å². The molecule has 2 aromatic rings. The average molecular weight is 240 g/mol. The summed E-state index contributed by atoms with van der Waals surface area (Å²) >= 11 is 0. The van der Waals surface area contributed by atoms with E-state index in [1.54, 1.807) is 6.07 Å². The number of ether oxygens (including phenoxy) is 2. The zero-order valence-electron chi connectivity index (χ0n) is 9.97. The summed E-state index contributed by atoms with van der Waals surface area (Å²) in [5.41, 5.74) is 2.00. The summed E-state index contributed by atoms with van der Waals surface area (Å²) in [4.78, 5) is 11.3. The Morgan fingerprint density at radius 3 is 2.83 bits per heavy atom. The maximum atomic E-state index is 11.3. The van der Waals surface area contributed by atoms with E-state index in [9.17, 15) is 4.79 Å². The van der Waals surface area contributed by atoms with Crippen molar-refractivity contribution >= 4 is 5.97 Å². The fourth-order valence-corrected chi connectivity index (χ4v) is 2.01. The SMILES string of the molecule is Cc1cccc(Oc2cccc3c2OC(=O)C3)c1. The minimum absolute atomic E-state index is 0.231. The van der Waals surface area contributed by atoms with E-state index in [0.717, 1.165) is 16.9 Å². The van der Waals surface area contributed by atoms with Gasteiger partial charge >= 0.3 is 5.97 Å². The molecule has 0 spiro atoms. The smallest absolute Gasteiger partial charge is 0.315 e. The number of fused-ring (bicyclic) bond motifs is 1. The van der Waals surface area contributed by atoms with Gasteiger partial charge in [-0.05, 0) is 30.7 Å². The molecule has 1 heterocycles. The summed E-state index contributed by atoms with van der Waals surface area (Å²) in [6, 6.07) is 13.3. The fraction of sp³-hybridized carbons (Fsp3) is 0.133. The molecule has 3 heteroatoms. The van der Waals surface area contributed by atoms with Gasteiger partial charge in [0, 0.05) is 5.56 Å². The summed E-state index contributed by atoms with van der Waals surface area (Å²) in [6.07, 6.45) is 0.320. The average Bonchev–Trinajstić information content (AvgIpc) is 2.71. The van der Waals surface area contributed by atoms with E-state index in [4.69, 9.17) is 9.47 Å². The van der Waals surface area contributed by atoms with Crippen molar-refractivity contribution in [1.82, 2.24) is 0 Å². The van der Waals surface area contributed by atoms with Crippen LogP contribution in [0.2, 0.25) is 0 Å². The maximum absolute atomic E-state index is 11.3. The highest BCUT2D eigenvalue weighted by Gasteiger charge is 2.24. The van der Waals surface area contributed by atoms with Gasteiger partial charge in [-0.1, -0.05) is 24.3 Å². The predicted octanol–water partition coefficient (Wildman–Crippen LogP) is 3.25. The van der Waals surface area contributed by atoms with Gasteiger partial charge in [0.05, 0.1) is 6.42 Å². The Hall–Kier alpha value is -2.29. The topological polar surface area (TPSA) is 35.5 Å². The molecule has 1 aliphatic heterocycles. The Morgan fingerprint density at radius 1 is 1.17 bits per heavy atom. The molecule has 0 saturated heterocycles. The summed E-state index contributed by atoms with van der Waals surface area (Å²) in [6.45, 7) is 2.00. The number of hydrogen-bond donors (Lipinski definition) is 0. The molecule has 0 bridgehead atoms. The van der Waals surface area contributed by atoms with Gasteiger partial charge in [-0.25, -0.2) is 0 Å². The van der Waals surface area contributed by atoms with Gasteiger partial charge in [0.15, 0.2) is 11.5 Å². The van der Waals surface area contributed by atoms with Gasteiger partial charge in [0.1, 0.15) is 5.75 Å². The van der Waals surface area contributed by atoms with Gasteiger partial charge in [-0.2, -0.15) is 0 Å². The largest absolute Gasteiger partial charge is 0.453 e. The van der Waals surface area contributed by atoms with Gasteiger partial charge in [0.25, 0.3) is 0 Å². The van der Waals surface area contributed by atoms with Gasteiger partial charge in [-0.3, -0.25) is 4.79 Å². The molecule has 3 nitrogen and oxygen atoms in total. The quantitative estimate of drug-likeness (QED) is 0.597. The normalized spacial score (nSPS) is 13.1. The van der Waals surface area contributed by atoms with E-state index in [1.165, 1.54) is 0 Å². The van der Waals surface area contributed by atoms with Crippen molar-refractivity contribution in [2.75, 3.05) is 0 Å². The molecule has 0 radical (unpaired) electrons. The first-order chi connectivity index (χ1) is 8.72. The molecule has 90 valence electrons. The minimum atomic E-state index is -0.231. The van der Waals surface area contributed by atoms with Gasteiger partial charge in [-0.15, -0.1) is 0 Å². The molecule has 3 rings (SSSR count). The van der Waals surface area contributed by atoms with Crippen LogP contribution in [0.3, 0.4) is 0 Å². The van der Waals surface area contributed by atoms with E-state index in [1.807, 2.05) is 43.3 Å². The number of para-hydroxylation sites is 1. The lowest BCUT2D eigenvalue weighted by molar-refractivity contribution is -0.131. The number of aryl methyl sites for hydroxylation is 1. The monoisotopic (exact) mass is 240 g/mol. The summed E-state index contributed by atoms with van der Waals surface area (Å²) in [5, 5.41) is 0. The number of carbonyl (C=O) groups excluding carboxylic acids is 1. The number of hydrogen-bond acceptors (Lipinski definition) is 3. The van der Waals surface area contributed by atoms with Crippen LogP contribution in [0.4, 0.5) is 0 Å². The lowest BCUT2D eigenvalue weighted by Gasteiger charge is -2.09. The summed E-state index contributed by atoms with van der Waals surface area (Å²) in [7, 11) is 0. The second-order valence-corrected chi connectivity index (χ2v) is 4.31. The Bertz CT molecular complexity index is 617. The molecule has 0 aliphatic carbocycles. The molecule has 0 atom stereocenters. The highest BCUT2D eigenvalue weighted by molar-refractivity contribution is 5.82. The first kappa shape index (κ1) is 10.8. The molecule has 0 amide bonds. The van der Waals surface area contributed by atoms with Crippen LogP contribution in [-0.4, -0.2) is 5.97 Å². The molecule has 0 N–H and O–H groups in total. The highest BCUT2D eigenvalue weighted by atomic mass is 16.6. The van der Waals surface area contributed by atoms with E-state index in [0.29, 0.717) is 17.9 Å². The van der Waals surface area contributed by atoms with E-state index in [-0.39, 0.29) is 5.97 Å². The van der Waals surface area contributed by atoms with Crippen LogP contribution < -0.4 is 9.47 Å². The van der Waals surface area contributed by atoms with Gasteiger partial charge in [0.2, 0.25) is 0 Å². The predicted molar refractivity (Wildman–Crippen MR) is 67.0 cm³/mol. The second-order valence-electron chi connectivity index (χ2n) is 4.31. The van der Waals surface area contributed by atoms with Crippen LogP contribution in [0.5, 0.6) is 17.2 Å². The molecule has 0 saturated carbocycles. The fourth-order valence-electron chi connectivity index (χ4n) is 2.01. The van der Waals surface area contributed by atoms with Crippen LogP contribution in [0.1, 0.15) is 11.1 Å². The lowest BCUT2D eigenvalue weighted by atomic mass is 10.1. The third-order valence-electron chi connectivity index (χ3n) is 2.83. The molecule has 18 heavy (non-hydrogen) atoms. The van der Waals surface area contributed by atoms with Crippen molar-refractivity contribution in [2.45, 2.75) is 13.3 Å². The van der Waals surface area contributed by atoms with Crippen LogP contribution in [0.25, 0.3) is 0 Å². The molecular weight excluding hydrogens is 228 g/mol. The van der Waals surface area contributed by atoms with E-state index >= 15 is 0 Å². The van der Waals surface area contributed by atoms with Crippen molar-refractivity contribution < 1.29 is 14.3 Å². The van der Waals surface area contributed by atoms with Crippen molar-refractivity contribution in [3.8, 4) is 17.2 Å². The van der Waals surface area contributed by atoms with E-state index < -0.39 is 0 Å². The van der Waals surface area contributed by atoms with Crippen LogP contribution in [-0.2, 0) is 11.2 Å². The second kappa shape index (κ2) is 4.18. The molecule has 0 unspecified atom stereocenters. The van der Waals surface area contributed by atoms with Crippen molar-refractivity contribution in [3.05, 3.63) is 53.6 Å². The first-order valence-electron chi connectivity index (χ1n) is 5.79. The van der Waals surface area contributed by atoms with Gasteiger partial charge < -0.3 is 9.47 Å². The molecule has 0 aromatic heterocycles. The van der Waals surface area contributed by atoms with Crippen LogP contribution in [0, 0.1) is 6.92 Å². The van der Waals surface area contributed by atoms with Crippen molar-refractivity contribution in [1.29, 1.82) is 0 Å². The van der Waals surface area contributed by atoms with E-state index in [2.05, 4.69) is 0 Å². The zero-order chi connectivity index (χ0) is 12.5. The molecule has 0 fully saturated rings.